The van der Waals surface area contributed by atoms with E-state index in [1.807, 2.05) is 0 Å². The Bertz CT molecular complexity index is 1250. The van der Waals surface area contributed by atoms with E-state index in [1.54, 1.807) is 38.1 Å². The summed E-state index contributed by atoms with van der Waals surface area (Å²) >= 11 is 12.2. The van der Waals surface area contributed by atoms with Gasteiger partial charge in [-0.25, -0.2) is 19.7 Å². The van der Waals surface area contributed by atoms with E-state index in [2.05, 4.69) is 20.0 Å². The number of carbonyl (C=O) groups is 2. The third kappa shape index (κ3) is 4.83. The number of alkyl halides is 3. The standard InChI is InChI=1S/C24H19Cl2F3N4O3/c1-13(15-7-9-30-19(25)11-15)23(14(2)16-8-10-31-20(26)12-16)21(34)33(22(35)32-23)17-3-5-18(6-4-17)36-24(27,28)29/h3-14H,1-2H3,(H,32,35). The summed E-state index contributed by atoms with van der Waals surface area (Å²) in [6, 6.07) is 10.3. The summed E-state index contributed by atoms with van der Waals surface area (Å²) in [4.78, 5) is 36.2. The number of hydrogen-bond acceptors (Lipinski definition) is 5. The fourth-order valence-corrected chi connectivity index (χ4v) is 4.82. The van der Waals surface area contributed by atoms with Gasteiger partial charge in [0.2, 0.25) is 0 Å². The normalized spacial score (nSPS) is 19.7. The average Bonchev–Trinajstić information content (AvgIpc) is 3.08. The molecule has 0 aliphatic carbocycles. The molecule has 1 fully saturated rings. The van der Waals surface area contributed by atoms with Gasteiger partial charge in [0, 0.05) is 24.2 Å². The van der Waals surface area contributed by atoms with Crippen LogP contribution in [-0.4, -0.2) is 33.8 Å². The highest BCUT2D eigenvalue weighted by atomic mass is 35.5. The van der Waals surface area contributed by atoms with Crippen LogP contribution in [0.5, 0.6) is 5.75 Å². The van der Waals surface area contributed by atoms with E-state index in [-0.39, 0.29) is 16.0 Å². The van der Waals surface area contributed by atoms with E-state index in [1.165, 1.54) is 24.5 Å². The first-order chi connectivity index (χ1) is 16.9. The number of halogens is 5. The quantitative estimate of drug-likeness (QED) is 0.303. The van der Waals surface area contributed by atoms with Crippen LogP contribution in [0.25, 0.3) is 0 Å². The smallest absolute Gasteiger partial charge is 0.406 e. The Morgan fingerprint density at radius 3 is 1.86 bits per heavy atom. The summed E-state index contributed by atoms with van der Waals surface area (Å²) in [7, 11) is 0. The number of benzene rings is 1. The molecule has 12 heteroatoms. The summed E-state index contributed by atoms with van der Waals surface area (Å²) in [5.74, 6) is -2.29. The number of nitrogens with one attached hydrogen (secondary N) is 1. The molecule has 1 aliphatic heterocycles. The summed E-state index contributed by atoms with van der Waals surface area (Å²) < 4.78 is 41.5. The summed E-state index contributed by atoms with van der Waals surface area (Å²) in [5.41, 5.74) is -0.139. The predicted molar refractivity (Wildman–Crippen MR) is 127 cm³/mol. The van der Waals surface area contributed by atoms with Crippen molar-refractivity contribution < 1.29 is 27.5 Å². The van der Waals surface area contributed by atoms with Crippen LogP contribution in [0, 0.1) is 0 Å². The molecule has 0 saturated carbocycles. The monoisotopic (exact) mass is 538 g/mol. The van der Waals surface area contributed by atoms with Crippen LogP contribution >= 0.6 is 23.2 Å². The molecule has 36 heavy (non-hydrogen) atoms. The van der Waals surface area contributed by atoms with Crippen molar-refractivity contribution in [2.45, 2.75) is 37.6 Å². The number of anilines is 1. The van der Waals surface area contributed by atoms with Crippen LogP contribution in [0.1, 0.15) is 36.8 Å². The molecule has 7 nitrogen and oxygen atoms in total. The first-order valence-electron chi connectivity index (χ1n) is 10.7. The Kier molecular flexibility index (Phi) is 6.85. The van der Waals surface area contributed by atoms with Gasteiger partial charge in [-0.3, -0.25) is 4.79 Å². The van der Waals surface area contributed by atoms with Gasteiger partial charge in [0.1, 0.15) is 21.6 Å². The van der Waals surface area contributed by atoms with Gasteiger partial charge in [0.05, 0.1) is 5.69 Å². The van der Waals surface area contributed by atoms with Gasteiger partial charge in [0.25, 0.3) is 5.91 Å². The molecular weight excluding hydrogens is 520 g/mol. The molecule has 2 unspecified atom stereocenters. The third-order valence-corrected chi connectivity index (χ3v) is 6.68. The molecule has 188 valence electrons. The van der Waals surface area contributed by atoms with Crippen molar-refractivity contribution in [3.8, 4) is 5.75 Å². The zero-order valence-electron chi connectivity index (χ0n) is 18.9. The van der Waals surface area contributed by atoms with Gasteiger partial charge in [-0.2, -0.15) is 0 Å². The van der Waals surface area contributed by atoms with Gasteiger partial charge >= 0.3 is 12.4 Å². The van der Waals surface area contributed by atoms with E-state index in [4.69, 9.17) is 23.2 Å². The fraction of sp³-hybridized carbons (Fsp3) is 0.250. The second-order valence-corrected chi connectivity index (χ2v) is 9.02. The lowest BCUT2D eigenvalue weighted by Crippen LogP contribution is -2.55. The molecule has 3 aromatic rings. The maximum Gasteiger partial charge on any atom is 0.573 e. The summed E-state index contributed by atoms with van der Waals surface area (Å²) in [6.45, 7) is 3.54. The van der Waals surface area contributed by atoms with Crippen molar-refractivity contribution in [1.82, 2.24) is 15.3 Å². The van der Waals surface area contributed by atoms with Crippen molar-refractivity contribution in [2.24, 2.45) is 0 Å². The van der Waals surface area contributed by atoms with E-state index in [0.29, 0.717) is 11.1 Å². The highest BCUT2D eigenvalue weighted by molar-refractivity contribution is 6.29. The Hall–Kier alpha value is -3.37. The minimum absolute atomic E-state index is 0.0776. The Morgan fingerprint density at radius 1 is 0.917 bits per heavy atom. The van der Waals surface area contributed by atoms with Crippen molar-refractivity contribution in [2.75, 3.05) is 4.90 Å². The lowest BCUT2D eigenvalue weighted by atomic mass is 9.70. The van der Waals surface area contributed by atoms with Gasteiger partial charge in [-0.15, -0.1) is 13.2 Å². The molecule has 0 radical (unpaired) electrons. The third-order valence-electron chi connectivity index (χ3n) is 6.27. The zero-order chi connectivity index (χ0) is 26.3. The second kappa shape index (κ2) is 9.59. The van der Waals surface area contributed by atoms with Crippen molar-refractivity contribution in [1.29, 1.82) is 0 Å². The number of amides is 3. The lowest BCUT2D eigenvalue weighted by Gasteiger charge is -2.38. The Morgan fingerprint density at radius 2 is 1.42 bits per heavy atom. The van der Waals surface area contributed by atoms with Crippen LogP contribution < -0.4 is 15.0 Å². The molecule has 2 aromatic heterocycles. The molecule has 2 atom stereocenters. The first kappa shape index (κ1) is 25.7. The molecule has 1 aromatic carbocycles. The number of carbonyl (C=O) groups excluding carboxylic acids is 2. The topological polar surface area (TPSA) is 84.4 Å². The molecule has 3 heterocycles. The number of aromatic nitrogens is 2. The van der Waals surface area contributed by atoms with Gasteiger partial charge in [0.15, 0.2) is 0 Å². The summed E-state index contributed by atoms with van der Waals surface area (Å²) in [5, 5.41) is 3.28. The molecule has 3 amide bonds. The fourth-order valence-electron chi connectivity index (χ4n) is 4.46. The highest BCUT2D eigenvalue weighted by Crippen LogP contribution is 2.45. The van der Waals surface area contributed by atoms with Gasteiger partial charge in [-0.1, -0.05) is 37.0 Å². The number of ether oxygens (including phenoxy) is 1. The minimum atomic E-state index is -4.87. The van der Waals surface area contributed by atoms with Crippen LogP contribution in [0.4, 0.5) is 23.7 Å². The molecule has 0 spiro atoms. The Balaban J connectivity index is 1.79. The highest BCUT2D eigenvalue weighted by Gasteiger charge is 2.58. The number of rotatable bonds is 6. The molecular formula is C24H19Cl2F3N4O3. The van der Waals surface area contributed by atoms with Crippen LogP contribution in [0.3, 0.4) is 0 Å². The van der Waals surface area contributed by atoms with Gasteiger partial charge < -0.3 is 10.1 Å². The maximum absolute atomic E-state index is 14.1. The lowest BCUT2D eigenvalue weighted by molar-refractivity contribution is -0.274. The molecule has 4 rings (SSSR count). The molecule has 1 saturated heterocycles. The Labute approximate surface area is 214 Å². The number of nitrogens with zero attached hydrogens (tertiary/aromatic N) is 3. The largest absolute Gasteiger partial charge is 0.573 e. The minimum Gasteiger partial charge on any atom is -0.406 e. The van der Waals surface area contributed by atoms with Crippen LogP contribution in [-0.2, 0) is 4.79 Å². The van der Waals surface area contributed by atoms with E-state index in [0.717, 1.165) is 17.0 Å². The van der Waals surface area contributed by atoms with E-state index in [9.17, 15) is 22.8 Å². The van der Waals surface area contributed by atoms with Crippen molar-refractivity contribution in [3.63, 3.8) is 0 Å². The molecule has 1 aliphatic rings. The molecule has 0 bridgehead atoms. The van der Waals surface area contributed by atoms with E-state index >= 15 is 0 Å². The second-order valence-electron chi connectivity index (χ2n) is 8.25. The zero-order valence-corrected chi connectivity index (χ0v) is 20.4. The maximum atomic E-state index is 14.1. The van der Waals surface area contributed by atoms with Gasteiger partial charge in [-0.05, 0) is 59.7 Å². The first-order valence-corrected chi connectivity index (χ1v) is 11.4. The predicted octanol–water partition coefficient (Wildman–Crippen LogP) is 6.08. The van der Waals surface area contributed by atoms with Crippen LogP contribution in [0.15, 0.2) is 60.9 Å². The van der Waals surface area contributed by atoms with Crippen molar-refractivity contribution >= 4 is 40.8 Å². The number of urea groups is 1. The number of pyridine rings is 2. The van der Waals surface area contributed by atoms with Crippen molar-refractivity contribution in [3.05, 3.63) is 82.4 Å². The molecule has 1 N–H and O–H groups in total. The average molecular weight is 539 g/mol. The number of imide groups is 1. The summed E-state index contributed by atoms with van der Waals surface area (Å²) in [6.07, 6.45) is -1.89. The number of hydrogen-bond donors (Lipinski definition) is 1. The van der Waals surface area contributed by atoms with Crippen LogP contribution in [0.2, 0.25) is 10.3 Å². The van der Waals surface area contributed by atoms with E-state index < -0.39 is 41.4 Å². The SMILES string of the molecule is CC(c1ccnc(Cl)c1)C1(C(C)c2ccnc(Cl)c2)NC(=O)N(c2ccc(OC(F)(F)F)cc2)C1=O.